The van der Waals surface area contributed by atoms with Crippen LogP contribution < -0.4 is 5.56 Å². The zero-order valence-electron chi connectivity index (χ0n) is 11.1. The lowest BCUT2D eigenvalue weighted by Gasteiger charge is -2.25. The number of aliphatic hydroxyl groups excluding tert-OH is 1. The third kappa shape index (κ3) is 3.37. The topological polar surface area (TPSA) is 70.7 Å². The average Bonchev–Trinajstić information content (AvgIpc) is 2.82. The van der Waals surface area contributed by atoms with Crippen LogP contribution in [0, 0.1) is 0 Å². The number of hydrogen-bond acceptors (Lipinski definition) is 6. The van der Waals surface area contributed by atoms with Crippen molar-refractivity contribution >= 4 is 16.3 Å². The van der Waals surface area contributed by atoms with E-state index in [9.17, 15) is 4.79 Å². The van der Waals surface area contributed by atoms with Gasteiger partial charge >= 0.3 is 0 Å². The third-order valence-electron chi connectivity index (χ3n) is 2.94. The van der Waals surface area contributed by atoms with Crippen molar-refractivity contribution in [3.8, 4) is 0 Å². The van der Waals surface area contributed by atoms with E-state index in [1.807, 2.05) is 0 Å². The Hall–Kier alpha value is -1.31. The molecule has 6 nitrogen and oxygen atoms in total. The normalized spacial score (nSPS) is 11.8. The van der Waals surface area contributed by atoms with E-state index in [4.69, 9.17) is 5.11 Å². The van der Waals surface area contributed by atoms with E-state index >= 15 is 0 Å². The molecule has 1 N–H and O–H groups in total. The summed E-state index contributed by atoms with van der Waals surface area (Å²) >= 11 is 1.35. The van der Waals surface area contributed by atoms with E-state index in [0.29, 0.717) is 17.5 Å². The molecular formula is C12H18N4O2S. The molecule has 7 heteroatoms. The van der Waals surface area contributed by atoms with Crippen LogP contribution in [-0.2, 0) is 6.54 Å². The number of aromatic nitrogens is 3. The van der Waals surface area contributed by atoms with Gasteiger partial charge in [-0.25, -0.2) is 4.98 Å². The molecule has 0 bridgehead atoms. The van der Waals surface area contributed by atoms with Crippen LogP contribution in [0.3, 0.4) is 0 Å². The van der Waals surface area contributed by atoms with Gasteiger partial charge in [-0.3, -0.25) is 9.69 Å². The third-order valence-corrected chi connectivity index (χ3v) is 3.61. The summed E-state index contributed by atoms with van der Waals surface area (Å²) in [7, 11) is 0. The minimum absolute atomic E-state index is 0.146. The molecular weight excluding hydrogens is 264 g/mol. The Labute approximate surface area is 115 Å². The first-order valence-electron chi connectivity index (χ1n) is 6.29. The first kappa shape index (κ1) is 14.1. The lowest BCUT2D eigenvalue weighted by molar-refractivity contribution is 0.183. The molecule has 0 atom stereocenters. The van der Waals surface area contributed by atoms with Crippen LogP contribution in [-0.4, -0.2) is 43.8 Å². The average molecular weight is 282 g/mol. The van der Waals surface area contributed by atoms with Crippen LogP contribution in [0.2, 0.25) is 0 Å². The maximum atomic E-state index is 11.8. The second kappa shape index (κ2) is 6.23. The largest absolute Gasteiger partial charge is 0.396 e. The summed E-state index contributed by atoms with van der Waals surface area (Å²) in [5.74, 6) is 0. The maximum Gasteiger partial charge on any atom is 0.275 e. The molecule has 0 aliphatic heterocycles. The Morgan fingerprint density at radius 3 is 3.00 bits per heavy atom. The molecule has 2 rings (SSSR count). The van der Waals surface area contributed by atoms with Gasteiger partial charge < -0.3 is 5.11 Å². The van der Waals surface area contributed by atoms with Crippen molar-refractivity contribution in [2.45, 2.75) is 32.9 Å². The zero-order valence-corrected chi connectivity index (χ0v) is 11.9. The molecule has 0 unspecified atom stereocenters. The fourth-order valence-electron chi connectivity index (χ4n) is 1.88. The lowest BCUT2D eigenvalue weighted by atomic mass is 10.2. The highest BCUT2D eigenvalue weighted by molar-refractivity contribution is 7.14. The lowest BCUT2D eigenvalue weighted by Crippen LogP contribution is -2.32. The van der Waals surface area contributed by atoms with Gasteiger partial charge in [0.1, 0.15) is 5.51 Å². The van der Waals surface area contributed by atoms with Crippen LogP contribution in [0.15, 0.2) is 16.4 Å². The van der Waals surface area contributed by atoms with Gasteiger partial charge in [0.05, 0.1) is 5.69 Å². The molecule has 0 aliphatic carbocycles. The second-order valence-electron chi connectivity index (χ2n) is 4.66. The van der Waals surface area contributed by atoms with Gasteiger partial charge in [0.25, 0.3) is 5.56 Å². The Bertz CT molecular complexity index is 593. The van der Waals surface area contributed by atoms with E-state index in [2.05, 4.69) is 28.8 Å². The van der Waals surface area contributed by atoms with Gasteiger partial charge in [0.15, 0.2) is 0 Å². The summed E-state index contributed by atoms with van der Waals surface area (Å²) in [6, 6.07) is 1.87. The van der Waals surface area contributed by atoms with Crippen LogP contribution in [0.25, 0.3) is 4.96 Å². The highest BCUT2D eigenvalue weighted by Gasteiger charge is 2.12. The molecule has 0 amide bonds. The SMILES string of the molecule is CC(C)N(CCCO)Cc1cc(=O)n2ncsc2n1. The minimum Gasteiger partial charge on any atom is -0.396 e. The van der Waals surface area contributed by atoms with E-state index in [1.165, 1.54) is 21.9 Å². The molecule has 2 heterocycles. The van der Waals surface area contributed by atoms with Crippen LogP contribution >= 0.6 is 11.3 Å². The van der Waals surface area contributed by atoms with Gasteiger partial charge in [-0.05, 0) is 20.3 Å². The van der Waals surface area contributed by atoms with Gasteiger partial charge in [0, 0.05) is 31.8 Å². The standard InChI is InChI=1S/C12H18N4O2S/c1-9(2)15(4-3-5-17)7-10-6-11(18)16-12(14-10)19-8-13-16/h6,8-9,17H,3-5,7H2,1-2H3. The number of rotatable bonds is 6. The Balaban J connectivity index is 2.20. The Kier molecular flexibility index (Phi) is 4.62. The van der Waals surface area contributed by atoms with Gasteiger partial charge in [-0.2, -0.15) is 9.61 Å². The predicted octanol–water partition coefficient (Wildman–Crippen LogP) is 0.744. The van der Waals surface area contributed by atoms with Crippen molar-refractivity contribution in [3.05, 3.63) is 27.6 Å². The molecule has 2 aromatic heterocycles. The van der Waals surface area contributed by atoms with E-state index in [1.54, 1.807) is 5.51 Å². The number of nitrogens with zero attached hydrogens (tertiary/aromatic N) is 4. The van der Waals surface area contributed by atoms with Crippen molar-refractivity contribution < 1.29 is 5.11 Å². The van der Waals surface area contributed by atoms with Gasteiger partial charge in [-0.15, -0.1) is 0 Å². The van der Waals surface area contributed by atoms with Gasteiger partial charge in [-0.1, -0.05) is 11.3 Å². The Morgan fingerprint density at radius 1 is 1.53 bits per heavy atom. The summed E-state index contributed by atoms with van der Waals surface area (Å²) < 4.78 is 1.31. The van der Waals surface area contributed by atoms with Gasteiger partial charge in [0.2, 0.25) is 4.96 Å². The van der Waals surface area contributed by atoms with Crippen molar-refractivity contribution in [1.29, 1.82) is 0 Å². The highest BCUT2D eigenvalue weighted by atomic mass is 32.1. The first-order chi connectivity index (χ1) is 9.11. The number of hydrogen-bond donors (Lipinski definition) is 1. The minimum atomic E-state index is -0.146. The summed E-state index contributed by atoms with van der Waals surface area (Å²) in [5, 5.41) is 12.9. The number of aliphatic hydroxyl groups is 1. The van der Waals surface area contributed by atoms with Crippen LogP contribution in [0.5, 0.6) is 0 Å². The molecule has 0 fully saturated rings. The molecule has 19 heavy (non-hydrogen) atoms. The molecule has 104 valence electrons. The van der Waals surface area contributed by atoms with Crippen molar-refractivity contribution in [1.82, 2.24) is 19.5 Å². The van der Waals surface area contributed by atoms with Crippen LogP contribution in [0.1, 0.15) is 26.0 Å². The maximum absolute atomic E-state index is 11.8. The summed E-state index contributed by atoms with van der Waals surface area (Å²) in [6.07, 6.45) is 0.722. The fourth-order valence-corrected chi connectivity index (χ4v) is 2.53. The van der Waals surface area contributed by atoms with E-state index in [0.717, 1.165) is 18.7 Å². The molecule has 0 aliphatic rings. The van der Waals surface area contributed by atoms with E-state index in [-0.39, 0.29) is 12.2 Å². The summed E-state index contributed by atoms with van der Waals surface area (Å²) in [6.45, 7) is 5.76. The molecule has 0 aromatic carbocycles. The smallest absolute Gasteiger partial charge is 0.275 e. The van der Waals surface area contributed by atoms with Crippen LogP contribution in [0.4, 0.5) is 0 Å². The molecule has 0 radical (unpaired) electrons. The molecule has 0 saturated carbocycles. The molecule has 0 spiro atoms. The summed E-state index contributed by atoms with van der Waals surface area (Å²) in [5.41, 5.74) is 2.22. The molecule has 2 aromatic rings. The highest BCUT2D eigenvalue weighted by Crippen LogP contribution is 2.09. The first-order valence-corrected chi connectivity index (χ1v) is 7.17. The zero-order chi connectivity index (χ0) is 13.8. The monoisotopic (exact) mass is 282 g/mol. The van der Waals surface area contributed by atoms with Crippen molar-refractivity contribution in [2.24, 2.45) is 0 Å². The predicted molar refractivity (Wildman–Crippen MR) is 74.4 cm³/mol. The molecule has 0 saturated heterocycles. The second-order valence-corrected chi connectivity index (χ2v) is 5.47. The number of fused-ring (bicyclic) bond motifs is 1. The van der Waals surface area contributed by atoms with E-state index < -0.39 is 0 Å². The summed E-state index contributed by atoms with van der Waals surface area (Å²) in [4.78, 5) is 19.1. The van der Waals surface area contributed by atoms with Crippen molar-refractivity contribution in [3.63, 3.8) is 0 Å². The Morgan fingerprint density at radius 2 is 2.32 bits per heavy atom. The quantitative estimate of drug-likeness (QED) is 0.846. The van der Waals surface area contributed by atoms with Crippen molar-refractivity contribution in [2.75, 3.05) is 13.2 Å². The fraction of sp³-hybridized carbons (Fsp3) is 0.583.